The monoisotopic (exact) mass is 309 g/mol. The first kappa shape index (κ1) is 11.9. The molecule has 2 atom stereocenters. The zero-order valence-electron chi connectivity index (χ0n) is 10.5. The van der Waals surface area contributed by atoms with Crippen LogP contribution in [0.4, 0.5) is 5.82 Å². The summed E-state index contributed by atoms with van der Waals surface area (Å²) in [6.45, 7) is 4.32. The number of hydrogen-bond acceptors (Lipinski definition) is 4. The molecule has 1 fully saturated rings. The normalized spacial score (nSPS) is 24.7. The van der Waals surface area contributed by atoms with Gasteiger partial charge in [-0.25, -0.2) is 9.97 Å². The summed E-state index contributed by atoms with van der Waals surface area (Å²) >= 11 is 3.73. The zero-order valence-corrected chi connectivity index (χ0v) is 12.1. The van der Waals surface area contributed by atoms with E-state index in [0.29, 0.717) is 10.7 Å². The summed E-state index contributed by atoms with van der Waals surface area (Å²) in [5.41, 5.74) is 0.897. The van der Waals surface area contributed by atoms with Crippen LogP contribution >= 0.6 is 15.9 Å². The van der Waals surface area contributed by atoms with Gasteiger partial charge in [-0.3, -0.25) is 4.68 Å². The fourth-order valence-corrected chi connectivity index (χ4v) is 2.88. The van der Waals surface area contributed by atoms with Crippen LogP contribution in [0.15, 0.2) is 12.5 Å². The lowest BCUT2D eigenvalue weighted by Gasteiger charge is -2.35. The number of piperidine rings is 1. The fourth-order valence-electron chi connectivity index (χ4n) is 2.51. The van der Waals surface area contributed by atoms with Crippen molar-refractivity contribution in [3.8, 4) is 0 Å². The summed E-state index contributed by atoms with van der Waals surface area (Å²) in [5, 5.41) is 5.31. The van der Waals surface area contributed by atoms with Crippen molar-refractivity contribution in [2.24, 2.45) is 13.0 Å². The Hall–Kier alpha value is -1.17. The van der Waals surface area contributed by atoms with Gasteiger partial charge in [0.25, 0.3) is 0 Å². The van der Waals surface area contributed by atoms with E-state index in [2.05, 4.69) is 42.8 Å². The van der Waals surface area contributed by atoms with Gasteiger partial charge in [0.15, 0.2) is 5.65 Å². The molecule has 0 spiro atoms. The number of hydrogen-bond donors (Lipinski definition) is 0. The first-order valence-corrected chi connectivity index (χ1v) is 7.10. The van der Waals surface area contributed by atoms with Crippen LogP contribution in [0.1, 0.15) is 13.3 Å². The lowest BCUT2D eigenvalue weighted by molar-refractivity contribution is 0.464. The van der Waals surface area contributed by atoms with Crippen LogP contribution in [0, 0.1) is 5.92 Å². The van der Waals surface area contributed by atoms with E-state index in [4.69, 9.17) is 0 Å². The molecule has 0 saturated carbocycles. The molecular weight excluding hydrogens is 294 g/mol. The molecule has 96 valence electrons. The third-order valence-electron chi connectivity index (χ3n) is 3.61. The average Bonchev–Trinajstić information content (AvgIpc) is 2.75. The zero-order chi connectivity index (χ0) is 12.7. The average molecular weight is 310 g/mol. The first-order valence-electron chi connectivity index (χ1n) is 6.18. The van der Waals surface area contributed by atoms with Crippen LogP contribution in [0.5, 0.6) is 0 Å². The minimum Gasteiger partial charge on any atom is -0.356 e. The molecule has 0 bridgehead atoms. The van der Waals surface area contributed by atoms with E-state index >= 15 is 0 Å². The smallest absolute Gasteiger partial charge is 0.163 e. The summed E-state index contributed by atoms with van der Waals surface area (Å²) < 4.78 is 1.79. The van der Waals surface area contributed by atoms with E-state index < -0.39 is 0 Å². The van der Waals surface area contributed by atoms with E-state index in [1.165, 1.54) is 0 Å². The molecule has 5 nitrogen and oxygen atoms in total. The van der Waals surface area contributed by atoms with Crippen LogP contribution in [-0.4, -0.2) is 37.7 Å². The molecule has 2 unspecified atom stereocenters. The Morgan fingerprint density at radius 2 is 2.22 bits per heavy atom. The lowest BCUT2D eigenvalue weighted by Crippen LogP contribution is -2.40. The second kappa shape index (κ2) is 4.50. The number of nitrogens with zero attached hydrogens (tertiary/aromatic N) is 5. The van der Waals surface area contributed by atoms with E-state index in [-0.39, 0.29) is 0 Å². The maximum absolute atomic E-state index is 4.45. The molecule has 6 heteroatoms. The van der Waals surface area contributed by atoms with Crippen molar-refractivity contribution < 1.29 is 0 Å². The van der Waals surface area contributed by atoms with Crippen molar-refractivity contribution in [2.75, 3.05) is 18.0 Å². The van der Waals surface area contributed by atoms with Gasteiger partial charge in [0, 0.05) is 25.0 Å². The topological polar surface area (TPSA) is 46.8 Å². The minimum absolute atomic E-state index is 0.611. The molecule has 1 aliphatic rings. The van der Waals surface area contributed by atoms with Gasteiger partial charge in [-0.15, -0.1) is 0 Å². The lowest BCUT2D eigenvalue weighted by atomic mass is 10.00. The van der Waals surface area contributed by atoms with Gasteiger partial charge in [-0.05, 0) is 12.3 Å². The first-order chi connectivity index (χ1) is 8.66. The second-order valence-electron chi connectivity index (χ2n) is 4.93. The molecule has 0 amide bonds. The fraction of sp³-hybridized carbons (Fsp3) is 0.583. The Morgan fingerprint density at radius 1 is 1.39 bits per heavy atom. The number of rotatable bonds is 1. The number of aromatic nitrogens is 4. The molecule has 3 rings (SSSR count). The predicted octanol–water partition coefficient (Wildman–Crippen LogP) is 1.97. The number of anilines is 1. The Labute approximate surface area is 114 Å². The SMILES string of the molecule is CC1CN(c2ncnc3c2cnn3C)CCC1Br. The van der Waals surface area contributed by atoms with Gasteiger partial charge in [0.05, 0.1) is 11.6 Å². The molecule has 1 saturated heterocycles. The van der Waals surface area contributed by atoms with E-state index in [1.54, 1.807) is 11.0 Å². The molecule has 2 aromatic heterocycles. The van der Waals surface area contributed by atoms with E-state index in [9.17, 15) is 0 Å². The summed E-state index contributed by atoms with van der Waals surface area (Å²) in [6, 6.07) is 0. The van der Waals surface area contributed by atoms with Gasteiger partial charge < -0.3 is 4.90 Å². The van der Waals surface area contributed by atoms with Gasteiger partial charge in [-0.2, -0.15) is 5.10 Å². The highest BCUT2D eigenvalue weighted by atomic mass is 79.9. The Balaban J connectivity index is 1.99. The highest BCUT2D eigenvalue weighted by Gasteiger charge is 2.26. The van der Waals surface area contributed by atoms with Crippen LogP contribution in [0.25, 0.3) is 11.0 Å². The second-order valence-corrected chi connectivity index (χ2v) is 6.11. The predicted molar refractivity (Wildman–Crippen MR) is 75.0 cm³/mol. The quantitative estimate of drug-likeness (QED) is 0.756. The highest BCUT2D eigenvalue weighted by molar-refractivity contribution is 9.09. The van der Waals surface area contributed by atoms with Crippen molar-refractivity contribution in [3.05, 3.63) is 12.5 Å². The van der Waals surface area contributed by atoms with Crippen LogP contribution in [-0.2, 0) is 7.05 Å². The van der Waals surface area contributed by atoms with Crippen molar-refractivity contribution in [1.82, 2.24) is 19.7 Å². The molecular formula is C12H16BrN5. The molecule has 0 aromatic carbocycles. The Kier molecular flexibility index (Phi) is 2.97. The molecule has 0 aliphatic carbocycles. The number of aryl methyl sites for hydroxylation is 1. The molecule has 1 aliphatic heterocycles. The largest absolute Gasteiger partial charge is 0.356 e. The molecule has 0 N–H and O–H groups in total. The van der Waals surface area contributed by atoms with Crippen LogP contribution < -0.4 is 4.90 Å². The minimum atomic E-state index is 0.611. The third kappa shape index (κ3) is 1.88. The highest BCUT2D eigenvalue weighted by Crippen LogP contribution is 2.29. The van der Waals surface area contributed by atoms with E-state index in [1.807, 2.05) is 13.2 Å². The van der Waals surface area contributed by atoms with Gasteiger partial charge in [0.2, 0.25) is 0 Å². The number of fused-ring (bicyclic) bond motifs is 1. The summed E-state index contributed by atoms with van der Waals surface area (Å²) in [5.74, 6) is 1.64. The Bertz CT molecular complexity index is 567. The van der Waals surface area contributed by atoms with Crippen molar-refractivity contribution in [3.63, 3.8) is 0 Å². The number of alkyl halides is 1. The molecule has 3 heterocycles. The van der Waals surface area contributed by atoms with Crippen LogP contribution in [0.2, 0.25) is 0 Å². The summed E-state index contributed by atoms with van der Waals surface area (Å²) in [7, 11) is 1.91. The van der Waals surface area contributed by atoms with Crippen molar-refractivity contribution in [1.29, 1.82) is 0 Å². The summed E-state index contributed by atoms with van der Waals surface area (Å²) in [4.78, 5) is 11.7. The van der Waals surface area contributed by atoms with E-state index in [0.717, 1.165) is 36.4 Å². The van der Waals surface area contributed by atoms with Crippen molar-refractivity contribution in [2.45, 2.75) is 18.2 Å². The van der Waals surface area contributed by atoms with Gasteiger partial charge >= 0.3 is 0 Å². The molecule has 2 aromatic rings. The summed E-state index contributed by atoms with van der Waals surface area (Å²) in [6.07, 6.45) is 4.63. The maximum atomic E-state index is 4.45. The third-order valence-corrected chi connectivity index (χ3v) is 4.97. The van der Waals surface area contributed by atoms with Crippen LogP contribution in [0.3, 0.4) is 0 Å². The van der Waals surface area contributed by atoms with Gasteiger partial charge in [0.1, 0.15) is 12.1 Å². The standard InChI is InChI=1S/C12H16BrN5/c1-8-6-18(4-3-10(8)13)12-9-5-16-17(2)11(9)14-7-15-12/h5,7-8,10H,3-4,6H2,1-2H3. The number of halogens is 1. The van der Waals surface area contributed by atoms with Crippen molar-refractivity contribution >= 4 is 32.8 Å². The maximum Gasteiger partial charge on any atom is 0.163 e. The van der Waals surface area contributed by atoms with Gasteiger partial charge in [-0.1, -0.05) is 22.9 Å². The molecule has 18 heavy (non-hydrogen) atoms. The Morgan fingerprint density at radius 3 is 3.00 bits per heavy atom. The molecule has 0 radical (unpaired) electrons.